The Morgan fingerprint density at radius 2 is 1.56 bits per heavy atom. The molecule has 4 rings (SSSR count). The van der Waals surface area contributed by atoms with Gasteiger partial charge in [-0.05, 0) is 24.3 Å². The van der Waals surface area contributed by atoms with Gasteiger partial charge in [0.25, 0.3) is 0 Å². The SMILES string of the molecule is COc1cc(-c2cc(=O)c3c(C[NH+](C)Cc4ccccc4)c(O)ccc3o2)cc(OC)c1OC. The minimum absolute atomic E-state index is 0.0766. The fraction of sp³-hybridized carbons (Fsp3) is 0.222. The number of ether oxygens (including phenoxy) is 3. The van der Waals surface area contributed by atoms with Crippen LogP contribution < -0.4 is 24.5 Å². The maximum Gasteiger partial charge on any atom is 0.203 e. The number of hydrogen-bond donors (Lipinski definition) is 2. The maximum atomic E-state index is 13.3. The van der Waals surface area contributed by atoms with Crippen molar-refractivity contribution in [1.82, 2.24) is 0 Å². The Bertz CT molecular complexity index is 1340. The summed E-state index contributed by atoms with van der Waals surface area (Å²) in [4.78, 5) is 14.4. The third-order valence-electron chi connectivity index (χ3n) is 5.75. The van der Waals surface area contributed by atoms with Gasteiger partial charge in [-0.25, -0.2) is 0 Å². The van der Waals surface area contributed by atoms with Crippen molar-refractivity contribution in [3.8, 4) is 34.3 Å². The summed E-state index contributed by atoms with van der Waals surface area (Å²) < 4.78 is 22.4. The van der Waals surface area contributed by atoms with E-state index in [-0.39, 0.29) is 11.2 Å². The van der Waals surface area contributed by atoms with Crippen LogP contribution in [-0.2, 0) is 13.1 Å². The summed E-state index contributed by atoms with van der Waals surface area (Å²) in [6.07, 6.45) is 0. The monoisotopic (exact) mass is 462 g/mol. The predicted molar refractivity (Wildman–Crippen MR) is 130 cm³/mol. The second-order valence-electron chi connectivity index (χ2n) is 8.12. The topological polar surface area (TPSA) is 82.6 Å². The molecule has 1 atom stereocenters. The average molecular weight is 463 g/mol. The Morgan fingerprint density at radius 3 is 2.18 bits per heavy atom. The zero-order chi connectivity index (χ0) is 24.2. The van der Waals surface area contributed by atoms with E-state index in [2.05, 4.69) is 12.1 Å². The first-order valence-electron chi connectivity index (χ1n) is 10.9. The second kappa shape index (κ2) is 9.89. The summed E-state index contributed by atoms with van der Waals surface area (Å²) in [5.74, 6) is 1.80. The van der Waals surface area contributed by atoms with Crippen LogP contribution in [0.25, 0.3) is 22.3 Å². The van der Waals surface area contributed by atoms with Gasteiger partial charge in [0.15, 0.2) is 16.9 Å². The minimum Gasteiger partial charge on any atom is -0.507 e. The molecule has 176 valence electrons. The molecule has 0 radical (unpaired) electrons. The van der Waals surface area contributed by atoms with Crippen LogP contribution in [0.2, 0.25) is 0 Å². The molecular weight excluding hydrogens is 434 g/mol. The van der Waals surface area contributed by atoms with Crippen LogP contribution in [0.15, 0.2) is 69.9 Å². The molecule has 0 saturated carbocycles. The number of aromatic hydroxyl groups is 1. The zero-order valence-corrected chi connectivity index (χ0v) is 19.7. The number of quaternary nitrogens is 1. The van der Waals surface area contributed by atoms with E-state index in [0.29, 0.717) is 51.6 Å². The smallest absolute Gasteiger partial charge is 0.203 e. The number of fused-ring (bicyclic) bond motifs is 1. The molecule has 0 fully saturated rings. The number of phenols is 1. The van der Waals surface area contributed by atoms with Crippen molar-refractivity contribution in [3.63, 3.8) is 0 Å². The molecular formula is C27H28NO6+. The largest absolute Gasteiger partial charge is 0.507 e. The Kier molecular flexibility index (Phi) is 6.75. The summed E-state index contributed by atoms with van der Waals surface area (Å²) in [7, 11) is 6.61. The molecule has 2 N–H and O–H groups in total. The first kappa shape index (κ1) is 23.2. The van der Waals surface area contributed by atoms with Gasteiger partial charge in [-0.3, -0.25) is 4.79 Å². The number of nitrogens with one attached hydrogen (secondary N) is 1. The summed E-state index contributed by atoms with van der Waals surface area (Å²) in [6.45, 7) is 1.22. The molecule has 3 aromatic carbocycles. The molecule has 0 amide bonds. The Labute approximate surface area is 197 Å². The van der Waals surface area contributed by atoms with Crippen LogP contribution in [0.1, 0.15) is 11.1 Å². The number of rotatable bonds is 8. The highest BCUT2D eigenvalue weighted by Crippen LogP contribution is 2.41. The molecule has 0 saturated heterocycles. The van der Waals surface area contributed by atoms with Crippen LogP contribution >= 0.6 is 0 Å². The van der Waals surface area contributed by atoms with Crippen molar-refractivity contribution in [3.05, 3.63) is 82.0 Å². The van der Waals surface area contributed by atoms with Crippen molar-refractivity contribution >= 4 is 11.0 Å². The lowest BCUT2D eigenvalue weighted by Gasteiger charge is -2.17. The Hall–Kier alpha value is -3.97. The van der Waals surface area contributed by atoms with Crippen LogP contribution in [-0.4, -0.2) is 33.5 Å². The van der Waals surface area contributed by atoms with Gasteiger partial charge in [-0.15, -0.1) is 0 Å². The quantitative estimate of drug-likeness (QED) is 0.418. The van der Waals surface area contributed by atoms with Gasteiger partial charge in [-0.1, -0.05) is 30.3 Å². The van der Waals surface area contributed by atoms with Crippen molar-refractivity contribution in [2.75, 3.05) is 28.4 Å². The second-order valence-corrected chi connectivity index (χ2v) is 8.12. The molecule has 0 bridgehead atoms. The fourth-order valence-electron chi connectivity index (χ4n) is 4.16. The molecule has 0 aliphatic rings. The molecule has 1 heterocycles. The molecule has 7 heteroatoms. The number of hydrogen-bond acceptors (Lipinski definition) is 6. The lowest BCUT2D eigenvalue weighted by Crippen LogP contribution is -3.06. The van der Waals surface area contributed by atoms with Gasteiger partial charge in [0.1, 0.15) is 30.2 Å². The lowest BCUT2D eigenvalue weighted by atomic mass is 10.0. The molecule has 0 aliphatic carbocycles. The number of benzene rings is 3. The molecule has 4 aromatic rings. The van der Waals surface area contributed by atoms with Gasteiger partial charge in [0.05, 0.1) is 39.3 Å². The fourth-order valence-corrected chi connectivity index (χ4v) is 4.16. The predicted octanol–water partition coefficient (Wildman–Crippen LogP) is 3.41. The highest BCUT2D eigenvalue weighted by atomic mass is 16.5. The first-order chi connectivity index (χ1) is 16.4. The molecule has 0 spiro atoms. The summed E-state index contributed by atoms with van der Waals surface area (Å²) >= 11 is 0. The average Bonchev–Trinajstić information content (AvgIpc) is 2.85. The van der Waals surface area contributed by atoms with Crippen LogP contribution in [0.3, 0.4) is 0 Å². The third-order valence-corrected chi connectivity index (χ3v) is 5.75. The van der Waals surface area contributed by atoms with Gasteiger partial charge < -0.3 is 28.6 Å². The number of phenolic OH excluding ortho intramolecular Hbond substituents is 1. The van der Waals surface area contributed by atoms with E-state index in [9.17, 15) is 9.90 Å². The first-order valence-corrected chi connectivity index (χ1v) is 10.9. The van der Waals surface area contributed by atoms with Crippen LogP contribution in [0, 0.1) is 0 Å². The molecule has 7 nitrogen and oxygen atoms in total. The van der Waals surface area contributed by atoms with Crippen LogP contribution in [0.4, 0.5) is 0 Å². The standard InChI is InChI=1S/C27H27NO6/c1-28(15-17-8-6-5-7-9-17)16-19-20(29)10-11-22-26(19)21(30)14-23(34-22)18-12-24(31-2)27(33-4)25(13-18)32-3/h5-14,29H,15-16H2,1-4H3/p+1. The highest BCUT2D eigenvalue weighted by molar-refractivity contribution is 5.84. The van der Waals surface area contributed by atoms with Crippen molar-refractivity contribution in [2.45, 2.75) is 13.1 Å². The Morgan fingerprint density at radius 1 is 0.882 bits per heavy atom. The van der Waals surface area contributed by atoms with E-state index >= 15 is 0 Å². The molecule has 0 aliphatic heterocycles. The number of methoxy groups -OCH3 is 3. The maximum absolute atomic E-state index is 13.3. The van der Waals surface area contributed by atoms with E-state index in [1.54, 1.807) is 24.3 Å². The van der Waals surface area contributed by atoms with Gasteiger partial charge >= 0.3 is 0 Å². The minimum atomic E-state index is -0.233. The van der Waals surface area contributed by atoms with Crippen LogP contribution in [0.5, 0.6) is 23.0 Å². The van der Waals surface area contributed by atoms with E-state index in [1.807, 2.05) is 25.2 Å². The van der Waals surface area contributed by atoms with E-state index in [0.717, 1.165) is 11.4 Å². The van der Waals surface area contributed by atoms with Crippen molar-refractivity contribution in [2.24, 2.45) is 0 Å². The van der Waals surface area contributed by atoms with E-state index < -0.39 is 0 Å². The lowest BCUT2D eigenvalue weighted by molar-refractivity contribution is -0.907. The molecule has 1 unspecified atom stereocenters. The summed E-state index contributed by atoms with van der Waals surface area (Å²) in [5.41, 5.74) is 2.52. The normalized spacial score (nSPS) is 11.9. The van der Waals surface area contributed by atoms with Gasteiger partial charge in [0.2, 0.25) is 5.75 Å². The van der Waals surface area contributed by atoms with Crippen molar-refractivity contribution < 1.29 is 28.6 Å². The van der Waals surface area contributed by atoms with E-state index in [4.69, 9.17) is 18.6 Å². The van der Waals surface area contributed by atoms with Gasteiger partial charge in [-0.2, -0.15) is 0 Å². The Balaban J connectivity index is 1.76. The molecule has 1 aromatic heterocycles. The summed E-state index contributed by atoms with van der Waals surface area (Å²) in [6, 6.07) is 18.2. The van der Waals surface area contributed by atoms with Crippen molar-refractivity contribution in [1.29, 1.82) is 0 Å². The zero-order valence-electron chi connectivity index (χ0n) is 19.7. The van der Waals surface area contributed by atoms with Gasteiger partial charge in [0, 0.05) is 17.2 Å². The summed E-state index contributed by atoms with van der Waals surface area (Å²) in [5, 5.41) is 11.0. The molecule has 34 heavy (non-hydrogen) atoms. The highest BCUT2D eigenvalue weighted by Gasteiger charge is 2.20. The van der Waals surface area contributed by atoms with E-state index in [1.165, 1.54) is 33.0 Å². The third kappa shape index (κ3) is 4.56.